The summed E-state index contributed by atoms with van der Waals surface area (Å²) >= 11 is 0. The molecule has 1 rings (SSSR count). The highest BCUT2D eigenvalue weighted by atomic mass is 19.4. The molecule has 0 aliphatic rings. The summed E-state index contributed by atoms with van der Waals surface area (Å²) in [5.74, 6) is -0.939. The molecule has 19 heavy (non-hydrogen) atoms. The van der Waals surface area contributed by atoms with Crippen LogP contribution < -0.4 is 5.32 Å². The molecule has 0 aliphatic carbocycles. The van der Waals surface area contributed by atoms with E-state index in [1.165, 1.54) is 0 Å². The summed E-state index contributed by atoms with van der Waals surface area (Å²) < 4.78 is 55.3. The number of hydrogen-bond acceptors (Lipinski definition) is 3. The number of halogens is 4. The zero-order chi connectivity index (χ0) is 14.3. The maximum atomic E-state index is 13.4. The Morgan fingerprint density at radius 3 is 2.53 bits per heavy atom. The fourth-order valence-electron chi connectivity index (χ4n) is 1.40. The fraction of sp³-hybridized carbons (Fsp3) is 0.500. The minimum atomic E-state index is -4.54. The van der Waals surface area contributed by atoms with E-state index in [-0.39, 0.29) is 18.9 Å². The van der Waals surface area contributed by atoms with E-state index in [2.05, 4.69) is 5.32 Å². The second-order valence-corrected chi connectivity index (χ2v) is 3.81. The van der Waals surface area contributed by atoms with Crippen LogP contribution in [0.5, 0.6) is 0 Å². The van der Waals surface area contributed by atoms with Crippen LogP contribution in [0.4, 0.5) is 23.2 Å². The average Bonchev–Trinajstić information content (AvgIpc) is 2.34. The molecule has 1 aromatic carbocycles. The van der Waals surface area contributed by atoms with Gasteiger partial charge < -0.3 is 15.2 Å². The largest absolute Gasteiger partial charge is 0.416 e. The molecule has 0 aromatic heterocycles. The molecular formula is C12H15F4NO2. The summed E-state index contributed by atoms with van der Waals surface area (Å²) in [4.78, 5) is 0. The van der Waals surface area contributed by atoms with Crippen LogP contribution in [0.2, 0.25) is 0 Å². The highest BCUT2D eigenvalue weighted by Gasteiger charge is 2.31. The lowest BCUT2D eigenvalue weighted by atomic mass is 10.2. The summed E-state index contributed by atoms with van der Waals surface area (Å²) in [6, 6.07) is 2.35. The highest BCUT2D eigenvalue weighted by molar-refractivity contribution is 5.46. The maximum Gasteiger partial charge on any atom is 0.416 e. The van der Waals surface area contributed by atoms with Gasteiger partial charge in [0, 0.05) is 13.2 Å². The summed E-state index contributed by atoms with van der Waals surface area (Å²) in [6.45, 7) is 0.916. The van der Waals surface area contributed by atoms with Crippen LogP contribution in [-0.2, 0) is 10.9 Å². The van der Waals surface area contributed by atoms with Gasteiger partial charge in [-0.05, 0) is 24.6 Å². The van der Waals surface area contributed by atoms with E-state index in [4.69, 9.17) is 9.84 Å². The average molecular weight is 281 g/mol. The Hall–Kier alpha value is -1.34. The number of aliphatic hydroxyl groups excluding tert-OH is 1. The van der Waals surface area contributed by atoms with E-state index in [0.717, 1.165) is 12.1 Å². The Morgan fingerprint density at radius 2 is 1.95 bits per heavy atom. The van der Waals surface area contributed by atoms with Gasteiger partial charge in [-0.25, -0.2) is 4.39 Å². The fourth-order valence-corrected chi connectivity index (χ4v) is 1.40. The Kier molecular flexibility index (Phi) is 6.04. The SMILES string of the molecule is OCCOCCCNc1ccc(C(F)(F)F)cc1F. The molecule has 2 N–H and O–H groups in total. The second kappa shape index (κ2) is 7.30. The first-order chi connectivity index (χ1) is 8.95. The van der Waals surface area contributed by atoms with Crippen molar-refractivity contribution in [3.05, 3.63) is 29.6 Å². The van der Waals surface area contributed by atoms with Crippen LogP contribution in [0.15, 0.2) is 18.2 Å². The molecular weight excluding hydrogens is 266 g/mol. The zero-order valence-corrected chi connectivity index (χ0v) is 10.1. The van der Waals surface area contributed by atoms with E-state index >= 15 is 0 Å². The van der Waals surface area contributed by atoms with Crippen molar-refractivity contribution >= 4 is 5.69 Å². The van der Waals surface area contributed by atoms with Crippen molar-refractivity contribution in [3.63, 3.8) is 0 Å². The van der Waals surface area contributed by atoms with Crippen molar-refractivity contribution in [2.75, 3.05) is 31.7 Å². The van der Waals surface area contributed by atoms with Gasteiger partial charge in [0.05, 0.1) is 24.5 Å². The van der Waals surface area contributed by atoms with E-state index in [0.29, 0.717) is 25.6 Å². The lowest BCUT2D eigenvalue weighted by Gasteiger charge is -2.11. The molecule has 108 valence electrons. The number of anilines is 1. The first-order valence-corrected chi connectivity index (χ1v) is 5.74. The van der Waals surface area contributed by atoms with E-state index in [1.807, 2.05) is 0 Å². The van der Waals surface area contributed by atoms with Crippen LogP contribution in [0.1, 0.15) is 12.0 Å². The summed E-state index contributed by atoms with van der Waals surface area (Å²) in [5.41, 5.74) is -0.989. The predicted octanol–water partition coefficient (Wildman–Crippen LogP) is 2.66. The Bertz CT molecular complexity index is 396. The van der Waals surface area contributed by atoms with Crippen LogP contribution in [0, 0.1) is 5.82 Å². The van der Waals surface area contributed by atoms with Gasteiger partial charge in [-0.3, -0.25) is 0 Å². The summed E-state index contributed by atoms with van der Waals surface area (Å²) in [7, 11) is 0. The number of nitrogens with one attached hydrogen (secondary N) is 1. The minimum Gasteiger partial charge on any atom is -0.394 e. The van der Waals surface area contributed by atoms with Crippen molar-refractivity contribution in [1.29, 1.82) is 0 Å². The first-order valence-electron chi connectivity index (χ1n) is 5.74. The van der Waals surface area contributed by atoms with E-state index < -0.39 is 17.6 Å². The maximum absolute atomic E-state index is 13.4. The van der Waals surface area contributed by atoms with E-state index in [1.54, 1.807) is 0 Å². The van der Waals surface area contributed by atoms with Crippen molar-refractivity contribution in [2.45, 2.75) is 12.6 Å². The highest BCUT2D eigenvalue weighted by Crippen LogP contribution is 2.31. The monoisotopic (exact) mass is 281 g/mol. The van der Waals surface area contributed by atoms with Crippen molar-refractivity contribution in [2.24, 2.45) is 0 Å². The normalized spacial score (nSPS) is 11.6. The predicted molar refractivity (Wildman–Crippen MR) is 62.4 cm³/mol. The molecule has 0 saturated carbocycles. The quantitative estimate of drug-likeness (QED) is 0.596. The van der Waals surface area contributed by atoms with Gasteiger partial charge in [0.1, 0.15) is 5.82 Å². The van der Waals surface area contributed by atoms with Gasteiger partial charge >= 0.3 is 6.18 Å². The number of aliphatic hydroxyl groups is 1. The zero-order valence-electron chi connectivity index (χ0n) is 10.1. The molecule has 0 bridgehead atoms. The molecule has 0 radical (unpaired) electrons. The minimum absolute atomic E-state index is 0.0233. The second-order valence-electron chi connectivity index (χ2n) is 3.81. The standard InChI is InChI=1S/C12H15F4NO2/c13-10-8-9(12(14,15)16)2-3-11(10)17-4-1-6-19-7-5-18/h2-3,8,17-18H,1,4-7H2. The van der Waals surface area contributed by atoms with Gasteiger partial charge in [0.25, 0.3) is 0 Å². The van der Waals surface area contributed by atoms with Gasteiger partial charge in [0.15, 0.2) is 0 Å². The molecule has 0 spiro atoms. The number of ether oxygens (including phenoxy) is 1. The number of rotatable bonds is 7. The third-order valence-corrected chi connectivity index (χ3v) is 2.31. The lowest BCUT2D eigenvalue weighted by molar-refractivity contribution is -0.137. The van der Waals surface area contributed by atoms with Crippen molar-refractivity contribution in [3.8, 4) is 0 Å². The lowest BCUT2D eigenvalue weighted by Crippen LogP contribution is -2.10. The number of hydrogen-bond donors (Lipinski definition) is 2. The third-order valence-electron chi connectivity index (χ3n) is 2.31. The smallest absolute Gasteiger partial charge is 0.394 e. The summed E-state index contributed by atoms with van der Waals surface area (Å²) in [5, 5.41) is 11.1. The molecule has 0 saturated heterocycles. The first kappa shape index (κ1) is 15.7. The molecule has 0 fully saturated rings. The number of alkyl halides is 3. The molecule has 0 heterocycles. The molecule has 3 nitrogen and oxygen atoms in total. The van der Waals surface area contributed by atoms with Gasteiger partial charge in [-0.15, -0.1) is 0 Å². The Morgan fingerprint density at radius 1 is 1.21 bits per heavy atom. The molecule has 1 aromatic rings. The molecule has 0 aliphatic heterocycles. The van der Waals surface area contributed by atoms with Crippen molar-refractivity contribution < 1.29 is 27.4 Å². The van der Waals surface area contributed by atoms with Gasteiger partial charge in [-0.2, -0.15) is 13.2 Å². The van der Waals surface area contributed by atoms with Crippen LogP contribution in [0.25, 0.3) is 0 Å². The number of benzene rings is 1. The molecule has 0 atom stereocenters. The Labute approximate surface area is 108 Å². The van der Waals surface area contributed by atoms with Crippen LogP contribution in [-0.4, -0.2) is 31.5 Å². The molecule has 0 amide bonds. The van der Waals surface area contributed by atoms with Crippen molar-refractivity contribution in [1.82, 2.24) is 0 Å². The van der Waals surface area contributed by atoms with Crippen LogP contribution >= 0.6 is 0 Å². The Balaban J connectivity index is 2.43. The van der Waals surface area contributed by atoms with E-state index in [9.17, 15) is 17.6 Å². The third kappa shape index (κ3) is 5.44. The molecule has 7 heteroatoms. The van der Waals surface area contributed by atoms with Gasteiger partial charge in [0.2, 0.25) is 0 Å². The van der Waals surface area contributed by atoms with Crippen LogP contribution in [0.3, 0.4) is 0 Å². The molecule has 0 unspecified atom stereocenters. The topological polar surface area (TPSA) is 41.5 Å². The summed E-state index contributed by atoms with van der Waals surface area (Å²) in [6.07, 6.45) is -3.99. The van der Waals surface area contributed by atoms with Gasteiger partial charge in [-0.1, -0.05) is 0 Å².